The van der Waals surface area contributed by atoms with Gasteiger partial charge in [-0.3, -0.25) is 14.3 Å². The van der Waals surface area contributed by atoms with Crippen LogP contribution in [0, 0.1) is 5.92 Å². The van der Waals surface area contributed by atoms with Crippen LogP contribution in [-0.4, -0.2) is 39.1 Å². The van der Waals surface area contributed by atoms with Gasteiger partial charge in [-0.1, -0.05) is 31.0 Å². The van der Waals surface area contributed by atoms with Gasteiger partial charge in [-0.05, 0) is 32.3 Å². The van der Waals surface area contributed by atoms with E-state index in [1.165, 1.54) is 12.8 Å². The lowest BCUT2D eigenvalue weighted by molar-refractivity contribution is -0.140. The average Bonchev–Trinajstić information content (AvgIpc) is 3.34. The number of hydrogen-bond donors (Lipinski definition) is 1. The summed E-state index contributed by atoms with van der Waals surface area (Å²) in [5, 5.41) is 8.81. The maximum Gasteiger partial charge on any atom is 0.225 e. The van der Waals surface area contributed by atoms with Gasteiger partial charge in [0, 0.05) is 30.9 Å². The van der Waals surface area contributed by atoms with Crippen LogP contribution >= 0.6 is 0 Å². The van der Waals surface area contributed by atoms with E-state index in [2.05, 4.69) is 29.5 Å². The van der Waals surface area contributed by atoms with E-state index in [9.17, 15) is 9.59 Å². The second kappa shape index (κ2) is 7.71. The number of amides is 2. The van der Waals surface area contributed by atoms with Crippen molar-refractivity contribution in [3.05, 3.63) is 30.0 Å². The van der Waals surface area contributed by atoms with Gasteiger partial charge in [-0.15, -0.1) is 0 Å². The summed E-state index contributed by atoms with van der Waals surface area (Å²) in [6.07, 6.45) is 5.69. The van der Waals surface area contributed by atoms with E-state index in [4.69, 9.17) is 0 Å². The molecule has 1 aliphatic carbocycles. The summed E-state index contributed by atoms with van der Waals surface area (Å²) in [5.74, 6) is 0.155. The first-order valence-corrected chi connectivity index (χ1v) is 10.2. The topological polar surface area (TPSA) is 67.2 Å². The standard InChI is InChI=1S/C21H28N4O2/c1-2-25-19-10-6-5-9-17(19)18(23-25)13-22-21(27)15-11-12-20(26)24(14-15)16-7-3-4-8-16/h5-6,9-10,15-16H,2-4,7-8,11-14H2,1H3,(H,22,27)/t15-/m0/s1. The fourth-order valence-electron chi connectivity index (χ4n) is 4.54. The highest BCUT2D eigenvalue weighted by atomic mass is 16.2. The number of benzene rings is 1. The Morgan fingerprint density at radius 2 is 2.00 bits per heavy atom. The molecule has 4 rings (SSSR count). The molecule has 2 fully saturated rings. The fourth-order valence-corrected chi connectivity index (χ4v) is 4.54. The van der Waals surface area contributed by atoms with Crippen LogP contribution in [0.5, 0.6) is 0 Å². The molecule has 2 aromatic rings. The van der Waals surface area contributed by atoms with Gasteiger partial charge < -0.3 is 10.2 Å². The molecule has 2 amide bonds. The SMILES string of the molecule is CCn1nc(CNC(=O)[C@H]2CCC(=O)N(C3CCCC3)C2)c2ccccc21. The third-order valence-electron chi connectivity index (χ3n) is 6.04. The Morgan fingerprint density at radius 3 is 2.78 bits per heavy atom. The van der Waals surface area contributed by atoms with Crippen molar-refractivity contribution in [3.63, 3.8) is 0 Å². The minimum Gasteiger partial charge on any atom is -0.350 e. The molecule has 1 aliphatic heterocycles. The van der Waals surface area contributed by atoms with Gasteiger partial charge in [-0.2, -0.15) is 5.10 Å². The highest BCUT2D eigenvalue weighted by molar-refractivity contribution is 5.85. The zero-order valence-electron chi connectivity index (χ0n) is 16.0. The summed E-state index contributed by atoms with van der Waals surface area (Å²) in [7, 11) is 0. The molecule has 1 aromatic heterocycles. The van der Waals surface area contributed by atoms with Crippen molar-refractivity contribution in [2.75, 3.05) is 6.54 Å². The predicted octanol–water partition coefficient (Wildman–Crippen LogP) is 2.85. The smallest absolute Gasteiger partial charge is 0.225 e. The number of para-hydroxylation sites is 1. The molecule has 144 valence electrons. The maximum absolute atomic E-state index is 12.8. The number of nitrogens with one attached hydrogen (secondary N) is 1. The molecule has 6 heteroatoms. The zero-order valence-corrected chi connectivity index (χ0v) is 16.0. The van der Waals surface area contributed by atoms with Gasteiger partial charge in [0.1, 0.15) is 0 Å². The predicted molar refractivity (Wildman–Crippen MR) is 104 cm³/mol. The molecule has 1 saturated heterocycles. The first-order chi connectivity index (χ1) is 13.2. The summed E-state index contributed by atoms with van der Waals surface area (Å²) in [4.78, 5) is 27.0. The molecule has 0 unspecified atom stereocenters. The number of likely N-dealkylation sites (tertiary alicyclic amines) is 1. The van der Waals surface area contributed by atoms with Crippen molar-refractivity contribution in [2.24, 2.45) is 5.92 Å². The molecule has 0 spiro atoms. The van der Waals surface area contributed by atoms with E-state index in [-0.39, 0.29) is 17.7 Å². The second-order valence-electron chi connectivity index (χ2n) is 7.72. The third-order valence-corrected chi connectivity index (χ3v) is 6.04. The van der Waals surface area contributed by atoms with E-state index >= 15 is 0 Å². The Morgan fingerprint density at radius 1 is 1.22 bits per heavy atom. The van der Waals surface area contributed by atoms with Crippen LogP contribution in [0.3, 0.4) is 0 Å². The van der Waals surface area contributed by atoms with Crippen molar-refractivity contribution in [3.8, 4) is 0 Å². The summed E-state index contributed by atoms with van der Waals surface area (Å²) in [6, 6.07) is 8.47. The highest BCUT2D eigenvalue weighted by Gasteiger charge is 2.35. The zero-order chi connectivity index (χ0) is 18.8. The number of carbonyl (C=O) groups excluding carboxylic acids is 2. The number of aromatic nitrogens is 2. The Bertz CT molecular complexity index is 838. The lowest BCUT2D eigenvalue weighted by Crippen LogP contribution is -2.49. The van der Waals surface area contributed by atoms with E-state index < -0.39 is 0 Å². The van der Waals surface area contributed by atoms with Gasteiger partial charge in [0.15, 0.2) is 0 Å². The van der Waals surface area contributed by atoms with E-state index in [1.54, 1.807) is 0 Å². The Hall–Kier alpha value is -2.37. The molecule has 2 aliphatic rings. The van der Waals surface area contributed by atoms with Crippen LogP contribution in [0.25, 0.3) is 10.9 Å². The molecule has 1 saturated carbocycles. The first-order valence-electron chi connectivity index (χ1n) is 10.2. The molecule has 1 N–H and O–H groups in total. The van der Waals surface area contributed by atoms with Crippen molar-refractivity contribution < 1.29 is 9.59 Å². The molecule has 0 radical (unpaired) electrons. The van der Waals surface area contributed by atoms with Crippen LogP contribution in [0.4, 0.5) is 0 Å². The molecule has 2 heterocycles. The van der Waals surface area contributed by atoms with Gasteiger partial charge >= 0.3 is 0 Å². The van der Waals surface area contributed by atoms with Crippen LogP contribution in [0.1, 0.15) is 51.1 Å². The number of aryl methyl sites for hydroxylation is 1. The quantitative estimate of drug-likeness (QED) is 0.882. The second-order valence-corrected chi connectivity index (χ2v) is 7.72. The van der Waals surface area contributed by atoms with Gasteiger partial charge in [-0.25, -0.2) is 0 Å². The van der Waals surface area contributed by atoms with Crippen LogP contribution in [0.15, 0.2) is 24.3 Å². The van der Waals surface area contributed by atoms with Crippen molar-refractivity contribution in [2.45, 2.75) is 64.6 Å². The average molecular weight is 368 g/mol. The lowest BCUT2D eigenvalue weighted by atomic mass is 9.95. The van der Waals surface area contributed by atoms with Crippen LogP contribution in [0.2, 0.25) is 0 Å². The summed E-state index contributed by atoms with van der Waals surface area (Å²) >= 11 is 0. The van der Waals surface area contributed by atoms with E-state index in [0.717, 1.165) is 36.0 Å². The Labute approximate surface area is 159 Å². The lowest BCUT2D eigenvalue weighted by Gasteiger charge is -2.36. The summed E-state index contributed by atoms with van der Waals surface area (Å²) < 4.78 is 1.97. The molecular formula is C21H28N4O2. The monoisotopic (exact) mass is 368 g/mol. The molecule has 6 nitrogen and oxygen atoms in total. The largest absolute Gasteiger partial charge is 0.350 e. The molecule has 1 aromatic carbocycles. The third kappa shape index (κ3) is 3.57. The van der Waals surface area contributed by atoms with Gasteiger partial charge in [0.2, 0.25) is 11.8 Å². The minimum absolute atomic E-state index is 0.0422. The number of nitrogens with zero attached hydrogens (tertiary/aromatic N) is 3. The number of hydrogen-bond acceptors (Lipinski definition) is 3. The van der Waals surface area contributed by atoms with Crippen LogP contribution in [-0.2, 0) is 22.7 Å². The number of carbonyl (C=O) groups is 2. The normalized spacial score (nSPS) is 21.1. The number of rotatable bonds is 5. The molecule has 0 bridgehead atoms. The van der Waals surface area contributed by atoms with Crippen molar-refractivity contribution in [1.29, 1.82) is 0 Å². The Balaban J connectivity index is 1.41. The van der Waals surface area contributed by atoms with Crippen molar-refractivity contribution in [1.82, 2.24) is 20.0 Å². The van der Waals surface area contributed by atoms with E-state index in [1.807, 2.05) is 21.7 Å². The maximum atomic E-state index is 12.8. The molecule has 1 atom stereocenters. The number of piperidine rings is 1. The van der Waals surface area contributed by atoms with Gasteiger partial charge in [0.05, 0.1) is 23.7 Å². The number of fused-ring (bicyclic) bond motifs is 1. The summed E-state index contributed by atoms with van der Waals surface area (Å²) in [5.41, 5.74) is 2.00. The summed E-state index contributed by atoms with van der Waals surface area (Å²) in [6.45, 7) is 3.87. The Kier molecular flexibility index (Phi) is 5.14. The first kappa shape index (κ1) is 18.0. The fraction of sp³-hybridized carbons (Fsp3) is 0.571. The highest BCUT2D eigenvalue weighted by Crippen LogP contribution is 2.29. The van der Waals surface area contributed by atoms with Crippen LogP contribution < -0.4 is 5.32 Å². The van der Waals surface area contributed by atoms with Crippen molar-refractivity contribution >= 4 is 22.7 Å². The van der Waals surface area contributed by atoms with E-state index in [0.29, 0.717) is 32.0 Å². The minimum atomic E-state index is -0.108. The molecule has 27 heavy (non-hydrogen) atoms. The van der Waals surface area contributed by atoms with Gasteiger partial charge in [0.25, 0.3) is 0 Å². The molecular weight excluding hydrogens is 340 g/mol.